The predicted molar refractivity (Wildman–Crippen MR) is 45.5 cm³/mol. The quantitative estimate of drug-likeness (QED) is 0.387. The van der Waals surface area contributed by atoms with Gasteiger partial charge >= 0.3 is 23.9 Å². The zero-order valence-corrected chi connectivity index (χ0v) is 8.82. The lowest BCUT2D eigenvalue weighted by atomic mass is 9.97. The molecule has 0 amide bonds. The molecule has 0 aromatic rings. The van der Waals surface area contributed by atoms with Crippen molar-refractivity contribution >= 4 is 5.97 Å². The van der Waals surface area contributed by atoms with Crippen LogP contribution in [0.5, 0.6) is 0 Å². The molecule has 1 aliphatic heterocycles. The number of cyclic esters (lactones) is 1. The van der Waals surface area contributed by atoms with Crippen LogP contribution in [-0.4, -0.2) is 37.1 Å². The van der Waals surface area contributed by atoms with Crippen molar-refractivity contribution in [1.82, 2.24) is 0 Å². The van der Waals surface area contributed by atoms with Gasteiger partial charge in [-0.3, -0.25) is 0 Å². The zero-order valence-electron chi connectivity index (χ0n) is 8.82. The van der Waals surface area contributed by atoms with Gasteiger partial charge in [0, 0.05) is 6.42 Å². The highest BCUT2D eigenvalue weighted by Gasteiger charge is 2.74. The molecule has 3 nitrogen and oxygen atoms in total. The number of hydrogen-bond donors (Lipinski definition) is 0. The lowest BCUT2D eigenvalue weighted by Gasteiger charge is -2.37. The number of carbonyl (C=O) groups excluding carboxylic acids is 1. The molecule has 1 aliphatic rings. The lowest BCUT2D eigenvalue weighted by Crippen LogP contribution is -2.60. The second-order valence-corrected chi connectivity index (χ2v) is 3.62. The van der Waals surface area contributed by atoms with E-state index in [1.807, 2.05) is 0 Å². The second-order valence-electron chi connectivity index (χ2n) is 3.62. The van der Waals surface area contributed by atoms with E-state index in [2.05, 4.69) is 16.1 Å². The Morgan fingerprint density at radius 1 is 1.11 bits per heavy atom. The van der Waals surface area contributed by atoms with Crippen LogP contribution in [0.4, 0.5) is 26.3 Å². The van der Waals surface area contributed by atoms with E-state index in [1.165, 1.54) is 0 Å². The SMILES string of the molecule is C=C1COCCC(C(F)(F)F)(C(F)(F)F)OC1=O. The lowest BCUT2D eigenvalue weighted by molar-refractivity contribution is -0.373. The predicted octanol–water partition coefficient (Wildman–Crippen LogP) is 2.37. The van der Waals surface area contributed by atoms with Gasteiger partial charge in [-0.25, -0.2) is 4.79 Å². The van der Waals surface area contributed by atoms with Crippen LogP contribution in [0, 0.1) is 0 Å². The maximum Gasteiger partial charge on any atom is 0.437 e. The molecule has 0 N–H and O–H groups in total. The summed E-state index contributed by atoms with van der Waals surface area (Å²) in [4.78, 5) is 11.1. The summed E-state index contributed by atoms with van der Waals surface area (Å²) in [5.74, 6) is -1.77. The van der Waals surface area contributed by atoms with Crippen molar-refractivity contribution in [2.45, 2.75) is 24.4 Å². The third-order valence-electron chi connectivity index (χ3n) is 2.35. The minimum atomic E-state index is -5.79. The van der Waals surface area contributed by atoms with Gasteiger partial charge in [0.25, 0.3) is 0 Å². The number of rotatable bonds is 0. The molecule has 1 rings (SSSR count). The molecule has 0 saturated carbocycles. The molecule has 0 atom stereocenters. The van der Waals surface area contributed by atoms with E-state index in [4.69, 9.17) is 0 Å². The fourth-order valence-corrected chi connectivity index (χ4v) is 1.31. The third kappa shape index (κ3) is 2.45. The molecule has 0 unspecified atom stereocenters. The van der Waals surface area contributed by atoms with Crippen molar-refractivity contribution in [1.29, 1.82) is 0 Å². The summed E-state index contributed by atoms with van der Waals surface area (Å²) in [7, 11) is 0. The van der Waals surface area contributed by atoms with Gasteiger partial charge in [0.1, 0.15) is 0 Å². The Morgan fingerprint density at radius 2 is 1.61 bits per heavy atom. The van der Waals surface area contributed by atoms with Crippen molar-refractivity contribution < 1.29 is 40.6 Å². The van der Waals surface area contributed by atoms with Crippen molar-refractivity contribution in [3.8, 4) is 0 Å². The largest absolute Gasteiger partial charge is 0.437 e. The Kier molecular flexibility index (Phi) is 3.66. The fourth-order valence-electron chi connectivity index (χ4n) is 1.31. The zero-order chi connectivity index (χ0) is 14.2. The summed E-state index contributed by atoms with van der Waals surface area (Å²) >= 11 is 0. The molecule has 104 valence electrons. The Bertz CT molecular complexity index is 342. The standard InChI is InChI=1S/C9H8F6O3/c1-5-4-17-3-2-7(8(10,11)12,9(13,14)15)18-6(5)16/h1-4H2. The summed E-state index contributed by atoms with van der Waals surface area (Å²) in [6, 6.07) is 0. The monoisotopic (exact) mass is 278 g/mol. The van der Waals surface area contributed by atoms with Crippen LogP contribution >= 0.6 is 0 Å². The molecular weight excluding hydrogens is 270 g/mol. The molecule has 0 spiro atoms. The van der Waals surface area contributed by atoms with Crippen LogP contribution in [0.3, 0.4) is 0 Å². The molecule has 1 saturated heterocycles. The van der Waals surface area contributed by atoms with Gasteiger partial charge in [0.2, 0.25) is 0 Å². The number of halogens is 6. The number of ether oxygens (including phenoxy) is 2. The van der Waals surface area contributed by atoms with Crippen LogP contribution in [0.15, 0.2) is 12.2 Å². The van der Waals surface area contributed by atoms with Crippen molar-refractivity contribution in [2.24, 2.45) is 0 Å². The van der Waals surface area contributed by atoms with Crippen LogP contribution in [0.1, 0.15) is 6.42 Å². The van der Waals surface area contributed by atoms with E-state index in [0.29, 0.717) is 0 Å². The Hall–Kier alpha value is -1.25. The van der Waals surface area contributed by atoms with Gasteiger partial charge in [-0.15, -0.1) is 0 Å². The van der Waals surface area contributed by atoms with Crippen molar-refractivity contribution in [3.63, 3.8) is 0 Å². The molecule has 0 aromatic heterocycles. The second kappa shape index (κ2) is 4.45. The summed E-state index contributed by atoms with van der Waals surface area (Å²) in [5.41, 5.74) is -5.16. The van der Waals surface area contributed by atoms with E-state index in [0.717, 1.165) is 0 Å². The smallest absolute Gasteiger partial charge is 0.436 e. The van der Waals surface area contributed by atoms with Crippen molar-refractivity contribution in [2.75, 3.05) is 13.2 Å². The highest BCUT2D eigenvalue weighted by Crippen LogP contribution is 2.48. The third-order valence-corrected chi connectivity index (χ3v) is 2.35. The Balaban J connectivity index is 3.23. The number of carbonyl (C=O) groups is 1. The van der Waals surface area contributed by atoms with E-state index < -0.39 is 49.1 Å². The number of esters is 1. The molecule has 18 heavy (non-hydrogen) atoms. The van der Waals surface area contributed by atoms with Gasteiger partial charge < -0.3 is 9.47 Å². The number of hydrogen-bond acceptors (Lipinski definition) is 3. The van der Waals surface area contributed by atoms with E-state index in [-0.39, 0.29) is 0 Å². The minimum Gasteiger partial charge on any atom is -0.436 e. The first-order valence-corrected chi connectivity index (χ1v) is 4.63. The first-order valence-electron chi connectivity index (χ1n) is 4.63. The van der Waals surface area contributed by atoms with Gasteiger partial charge in [-0.1, -0.05) is 6.58 Å². The van der Waals surface area contributed by atoms with Gasteiger partial charge in [0.05, 0.1) is 18.8 Å². The molecule has 0 bridgehead atoms. The molecule has 0 aliphatic carbocycles. The van der Waals surface area contributed by atoms with Gasteiger partial charge in [-0.05, 0) is 0 Å². The minimum absolute atomic E-state index is 0.468. The van der Waals surface area contributed by atoms with Crippen LogP contribution in [0.25, 0.3) is 0 Å². The van der Waals surface area contributed by atoms with E-state index in [9.17, 15) is 31.1 Å². The normalized spacial score (nSPS) is 22.1. The van der Waals surface area contributed by atoms with Crippen LogP contribution < -0.4 is 0 Å². The summed E-state index contributed by atoms with van der Waals surface area (Å²) < 4.78 is 83.9. The Labute approximate surface area is 97.3 Å². The maximum absolute atomic E-state index is 12.6. The molecule has 0 radical (unpaired) electrons. The average Bonchev–Trinajstić information content (AvgIpc) is 2.15. The molecule has 1 heterocycles. The van der Waals surface area contributed by atoms with Crippen LogP contribution in [0.2, 0.25) is 0 Å². The van der Waals surface area contributed by atoms with Gasteiger partial charge in [0.15, 0.2) is 0 Å². The average molecular weight is 278 g/mol. The fraction of sp³-hybridized carbons (Fsp3) is 0.667. The Morgan fingerprint density at radius 3 is 2.06 bits per heavy atom. The topological polar surface area (TPSA) is 35.5 Å². The molecule has 1 fully saturated rings. The summed E-state index contributed by atoms with van der Waals surface area (Å²) in [5, 5.41) is 0. The maximum atomic E-state index is 12.6. The first-order chi connectivity index (χ1) is 8.01. The highest BCUT2D eigenvalue weighted by molar-refractivity contribution is 5.88. The summed E-state index contributed by atoms with van der Waals surface area (Å²) in [6.07, 6.45) is -13.1. The molecular formula is C9H8F6O3. The first kappa shape index (κ1) is 14.8. The van der Waals surface area contributed by atoms with Gasteiger partial charge in [-0.2, -0.15) is 26.3 Å². The number of alkyl halides is 6. The van der Waals surface area contributed by atoms with Crippen LogP contribution in [-0.2, 0) is 14.3 Å². The molecule has 0 aromatic carbocycles. The highest BCUT2D eigenvalue weighted by atomic mass is 19.4. The van der Waals surface area contributed by atoms with E-state index >= 15 is 0 Å². The summed E-state index contributed by atoms with van der Waals surface area (Å²) in [6.45, 7) is 1.67. The molecule has 9 heteroatoms. The van der Waals surface area contributed by atoms with E-state index in [1.54, 1.807) is 0 Å². The van der Waals surface area contributed by atoms with Crippen molar-refractivity contribution in [3.05, 3.63) is 12.2 Å².